The van der Waals surface area contributed by atoms with Crippen LogP contribution in [0.5, 0.6) is 0 Å². The topological polar surface area (TPSA) is 25.8 Å². The highest BCUT2D eigenvalue weighted by atomic mass is 32.1. The molecule has 0 N–H and O–H groups in total. The van der Waals surface area contributed by atoms with Gasteiger partial charge in [0.05, 0.1) is 22.4 Å². The van der Waals surface area contributed by atoms with Gasteiger partial charge < -0.3 is 0 Å². The van der Waals surface area contributed by atoms with Crippen LogP contribution in [0.25, 0.3) is 75.1 Å². The van der Waals surface area contributed by atoms with E-state index in [1.807, 2.05) is 11.3 Å². The summed E-state index contributed by atoms with van der Waals surface area (Å²) in [6, 6.07) is 41.0. The van der Waals surface area contributed by atoms with E-state index in [1.165, 1.54) is 42.1 Å². The Labute approximate surface area is 223 Å². The summed E-state index contributed by atoms with van der Waals surface area (Å²) in [6.07, 6.45) is 0. The van der Waals surface area contributed by atoms with Gasteiger partial charge in [-0.3, -0.25) is 0 Å². The predicted molar refractivity (Wildman–Crippen MR) is 163 cm³/mol. The highest BCUT2D eigenvalue weighted by Gasteiger charge is 2.18. The monoisotopic (exact) mass is 502 g/mol. The molecule has 2 heterocycles. The van der Waals surface area contributed by atoms with Crippen LogP contribution < -0.4 is 0 Å². The van der Waals surface area contributed by atoms with Crippen molar-refractivity contribution in [3.63, 3.8) is 0 Å². The second-order valence-electron chi connectivity index (χ2n) is 9.77. The Morgan fingerprint density at radius 3 is 1.71 bits per heavy atom. The first kappa shape index (κ1) is 21.5. The normalized spacial score (nSPS) is 11.8. The number of aryl methyl sites for hydroxylation is 1. The summed E-state index contributed by atoms with van der Waals surface area (Å²) in [4.78, 5) is 10.6. The van der Waals surface area contributed by atoms with Gasteiger partial charge in [-0.25, -0.2) is 9.97 Å². The molecule has 0 aliphatic carbocycles. The van der Waals surface area contributed by atoms with Crippen LogP contribution in [0.1, 0.15) is 5.69 Å². The summed E-state index contributed by atoms with van der Waals surface area (Å²) in [6.45, 7) is 2.09. The molecular weight excluding hydrogens is 480 g/mol. The Bertz CT molecular complexity index is 2210. The van der Waals surface area contributed by atoms with E-state index in [0.717, 1.165) is 38.8 Å². The molecule has 0 atom stereocenters. The number of aromatic nitrogens is 2. The van der Waals surface area contributed by atoms with E-state index in [-0.39, 0.29) is 0 Å². The van der Waals surface area contributed by atoms with Crippen LogP contribution in [0, 0.1) is 6.92 Å². The number of hydrogen-bond acceptors (Lipinski definition) is 3. The fourth-order valence-electron chi connectivity index (χ4n) is 5.88. The van der Waals surface area contributed by atoms with Crippen LogP contribution in [0.2, 0.25) is 0 Å². The zero-order chi connectivity index (χ0) is 25.2. The van der Waals surface area contributed by atoms with Crippen molar-refractivity contribution in [3.05, 3.63) is 121 Å². The minimum atomic E-state index is 0.937. The van der Waals surface area contributed by atoms with Crippen molar-refractivity contribution < 1.29 is 0 Å². The number of fused-ring (bicyclic) bond motifs is 9. The van der Waals surface area contributed by atoms with Gasteiger partial charge in [0.15, 0.2) is 0 Å². The second-order valence-corrected chi connectivity index (χ2v) is 10.8. The number of thiophene rings is 1. The van der Waals surface area contributed by atoms with E-state index < -0.39 is 0 Å². The third-order valence-electron chi connectivity index (χ3n) is 7.60. The van der Waals surface area contributed by atoms with Crippen molar-refractivity contribution in [2.45, 2.75) is 6.92 Å². The van der Waals surface area contributed by atoms with Crippen LogP contribution in [-0.2, 0) is 0 Å². The molecular formula is C35H22N2S. The first-order valence-electron chi connectivity index (χ1n) is 12.9. The largest absolute Gasteiger partial charge is 0.249 e. The molecule has 38 heavy (non-hydrogen) atoms. The molecule has 0 bridgehead atoms. The lowest BCUT2D eigenvalue weighted by Gasteiger charge is -2.15. The Morgan fingerprint density at radius 1 is 0.447 bits per heavy atom. The van der Waals surface area contributed by atoms with Gasteiger partial charge in [0.25, 0.3) is 0 Å². The Kier molecular flexibility index (Phi) is 4.64. The van der Waals surface area contributed by atoms with E-state index in [1.54, 1.807) is 0 Å². The van der Waals surface area contributed by atoms with Gasteiger partial charge >= 0.3 is 0 Å². The Balaban J connectivity index is 1.45. The van der Waals surface area contributed by atoms with Crippen LogP contribution in [-0.4, -0.2) is 9.97 Å². The van der Waals surface area contributed by atoms with E-state index >= 15 is 0 Å². The maximum atomic E-state index is 5.37. The number of rotatable bonds is 2. The van der Waals surface area contributed by atoms with Gasteiger partial charge in [-0.15, -0.1) is 11.3 Å². The van der Waals surface area contributed by atoms with Crippen molar-refractivity contribution in [1.82, 2.24) is 9.97 Å². The van der Waals surface area contributed by atoms with E-state index in [9.17, 15) is 0 Å². The predicted octanol–water partition coefficient (Wildman–Crippen LogP) is 9.95. The molecule has 0 radical (unpaired) electrons. The minimum absolute atomic E-state index is 0.937. The summed E-state index contributed by atoms with van der Waals surface area (Å²) < 4.78 is 2.62. The number of hydrogen-bond donors (Lipinski definition) is 0. The highest BCUT2D eigenvalue weighted by molar-refractivity contribution is 7.26. The molecule has 8 rings (SSSR count). The molecule has 0 fully saturated rings. The molecule has 2 aromatic heterocycles. The summed E-state index contributed by atoms with van der Waals surface area (Å²) in [5, 5.41) is 7.33. The molecule has 0 saturated heterocycles. The fraction of sp³-hybridized carbons (Fsp3) is 0.0286. The van der Waals surface area contributed by atoms with E-state index in [2.05, 4.69) is 122 Å². The van der Waals surface area contributed by atoms with E-state index in [0.29, 0.717) is 0 Å². The van der Waals surface area contributed by atoms with Crippen LogP contribution in [0.3, 0.4) is 0 Å². The van der Waals surface area contributed by atoms with Crippen LogP contribution in [0.15, 0.2) is 115 Å². The quantitative estimate of drug-likeness (QED) is 0.220. The molecule has 2 nitrogen and oxygen atoms in total. The zero-order valence-corrected chi connectivity index (χ0v) is 21.6. The van der Waals surface area contributed by atoms with Gasteiger partial charge in [0, 0.05) is 42.1 Å². The lowest BCUT2D eigenvalue weighted by atomic mass is 9.94. The third-order valence-corrected chi connectivity index (χ3v) is 8.82. The molecule has 0 saturated carbocycles. The van der Waals surface area contributed by atoms with Gasteiger partial charge in [0.2, 0.25) is 0 Å². The first-order chi connectivity index (χ1) is 18.8. The molecule has 6 aromatic carbocycles. The van der Waals surface area contributed by atoms with Gasteiger partial charge in [-0.05, 0) is 29.3 Å². The lowest BCUT2D eigenvalue weighted by molar-refractivity contribution is 1.20. The molecule has 0 aliphatic rings. The van der Waals surface area contributed by atoms with E-state index in [4.69, 9.17) is 9.97 Å². The molecule has 0 amide bonds. The zero-order valence-electron chi connectivity index (χ0n) is 20.8. The molecule has 0 spiro atoms. The van der Waals surface area contributed by atoms with Crippen molar-refractivity contribution >= 4 is 64.1 Å². The van der Waals surface area contributed by atoms with Crippen molar-refractivity contribution in [3.8, 4) is 22.4 Å². The second kappa shape index (κ2) is 8.20. The van der Waals surface area contributed by atoms with Gasteiger partial charge in [-0.1, -0.05) is 109 Å². The standard InChI is InChI=1S/C35H22N2S/c1-21-32(37-34-28-17-7-3-12-23(28)22-11-2-6-16-27(22)33(34)36-21)26-15-5-4-13-24(26)29-18-10-19-30-25-14-8-9-20-31(25)38-35(29)30/h2-20H,1H3. The summed E-state index contributed by atoms with van der Waals surface area (Å²) in [5.74, 6) is 0. The molecule has 8 aromatic rings. The third kappa shape index (κ3) is 3.06. The maximum absolute atomic E-state index is 5.37. The molecule has 3 heteroatoms. The summed E-state index contributed by atoms with van der Waals surface area (Å²) in [5.41, 5.74) is 7.33. The van der Waals surface area contributed by atoms with Gasteiger partial charge in [0.1, 0.15) is 0 Å². The minimum Gasteiger partial charge on any atom is -0.249 e. The van der Waals surface area contributed by atoms with Gasteiger partial charge in [-0.2, -0.15) is 0 Å². The lowest BCUT2D eigenvalue weighted by Crippen LogP contribution is -1.98. The molecule has 178 valence electrons. The van der Waals surface area contributed by atoms with Crippen molar-refractivity contribution in [1.29, 1.82) is 0 Å². The van der Waals surface area contributed by atoms with Crippen LogP contribution >= 0.6 is 11.3 Å². The Morgan fingerprint density at radius 2 is 0.974 bits per heavy atom. The summed E-state index contributed by atoms with van der Waals surface area (Å²) >= 11 is 1.86. The fourth-order valence-corrected chi connectivity index (χ4v) is 7.11. The molecule has 0 aliphatic heterocycles. The highest BCUT2D eigenvalue weighted by Crippen LogP contribution is 2.43. The maximum Gasteiger partial charge on any atom is 0.0979 e. The molecule has 0 unspecified atom stereocenters. The summed E-state index contributed by atoms with van der Waals surface area (Å²) in [7, 11) is 0. The number of nitrogens with zero attached hydrogens (tertiary/aromatic N) is 2. The SMILES string of the molecule is Cc1nc2c3ccccc3c3ccccc3c2nc1-c1ccccc1-c1cccc2c1sc1ccccc12. The average Bonchev–Trinajstić information content (AvgIpc) is 3.36. The average molecular weight is 503 g/mol. The number of benzene rings is 6. The van der Waals surface area contributed by atoms with Crippen molar-refractivity contribution in [2.24, 2.45) is 0 Å². The Hall–Kier alpha value is -4.60. The van der Waals surface area contributed by atoms with Crippen LogP contribution in [0.4, 0.5) is 0 Å². The first-order valence-corrected chi connectivity index (χ1v) is 13.7. The van der Waals surface area contributed by atoms with Crippen molar-refractivity contribution in [2.75, 3.05) is 0 Å². The smallest absolute Gasteiger partial charge is 0.0979 e.